The van der Waals surface area contributed by atoms with Gasteiger partial charge in [-0.25, -0.2) is 4.98 Å². The summed E-state index contributed by atoms with van der Waals surface area (Å²) in [4.78, 5) is 31.0. The maximum Gasteiger partial charge on any atom is 0.273 e. The summed E-state index contributed by atoms with van der Waals surface area (Å²) in [7, 11) is 3.32. The van der Waals surface area contributed by atoms with E-state index in [1.54, 1.807) is 20.4 Å². The Morgan fingerprint density at radius 1 is 1.00 bits per heavy atom. The van der Waals surface area contributed by atoms with E-state index in [9.17, 15) is 9.59 Å². The first-order valence-corrected chi connectivity index (χ1v) is 15.5. The molecule has 0 aliphatic heterocycles. The van der Waals surface area contributed by atoms with Crippen molar-refractivity contribution >= 4 is 23.2 Å². The molecule has 0 radical (unpaired) electrons. The largest absolute Gasteiger partial charge is 0.496 e. The van der Waals surface area contributed by atoms with E-state index in [1.165, 1.54) is 22.5 Å². The van der Waals surface area contributed by atoms with Crippen LogP contribution in [0.1, 0.15) is 73.5 Å². The van der Waals surface area contributed by atoms with E-state index in [2.05, 4.69) is 41.5 Å². The zero-order valence-electron chi connectivity index (χ0n) is 24.2. The van der Waals surface area contributed by atoms with E-state index >= 15 is 0 Å². The van der Waals surface area contributed by atoms with Crippen LogP contribution in [0.5, 0.6) is 10.9 Å². The SMILES string of the molecule is COc1ncc(-c2cccc(C3CC(C(=O)NCC4CCC(c5ccc(OC)c(C)c5)CC4)CCC3C(N)=O)c2)s1. The van der Waals surface area contributed by atoms with Gasteiger partial charge in [0.2, 0.25) is 11.8 Å². The molecule has 218 valence electrons. The summed E-state index contributed by atoms with van der Waals surface area (Å²) in [6.07, 6.45) is 8.24. The van der Waals surface area contributed by atoms with Crippen molar-refractivity contribution in [3.05, 3.63) is 65.4 Å². The predicted molar refractivity (Wildman–Crippen MR) is 162 cm³/mol. The second-order valence-electron chi connectivity index (χ2n) is 11.6. The van der Waals surface area contributed by atoms with E-state index in [-0.39, 0.29) is 29.6 Å². The van der Waals surface area contributed by atoms with Crippen LogP contribution in [0.3, 0.4) is 0 Å². The number of rotatable bonds is 9. The van der Waals surface area contributed by atoms with Gasteiger partial charge in [-0.2, -0.15) is 0 Å². The first-order valence-electron chi connectivity index (χ1n) is 14.7. The molecule has 5 rings (SSSR count). The number of aryl methyl sites for hydroxylation is 1. The Hall–Kier alpha value is -3.39. The number of nitrogens with one attached hydrogen (secondary N) is 1. The Balaban J connectivity index is 1.18. The molecular weight excluding hydrogens is 534 g/mol. The Kier molecular flexibility index (Phi) is 9.28. The fraction of sp³-hybridized carbons (Fsp3) is 0.485. The number of nitrogens with zero attached hydrogens (tertiary/aromatic N) is 1. The number of carbonyl (C=O) groups is 2. The number of hydrogen-bond acceptors (Lipinski definition) is 6. The van der Waals surface area contributed by atoms with Gasteiger partial charge < -0.3 is 20.5 Å². The van der Waals surface area contributed by atoms with Crippen LogP contribution in [-0.2, 0) is 9.59 Å². The van der Waals surface area contributed by atoms with E-state index in [1.807, 2.05) is 18.2 Å². The van der Waals surface area contributed by atoms with Crippen LogP contribution >= 0.6 is 11.3 Å². The second-order valence-corrected chi connectivity index (χ2v) is 12.6. The maximum absolute atomic E-state index is 13.3. The zero-order valence-corrected chi connectivity index (χ0v) is 25.0. The molecular formula is C33H41N3O4S. The van der Waals surface area contributed by atoms with Crippen molar-refractivity contribution < 1.29 is 19.1 Å². The van der Waals surface area contributed by atoms with Crippen molar-refractivity contribution in [1.29, 1.82) is 0 Å². The third-order valence-corrected chi connectivity index (χ3v) is 10.2. The van der Waals surface area contributed by atoms with E-state index in [0.717, 1.165) is 54.0 Å². The molecule has 2 amide bonds. The first kappa shape index (κ1) is 29.1. The number of carbonyl (C=O) groups excluding carboxylic acids is 2. The third-order valence-electron chi connectivity index (χ3n) is 9.15. The molecule has 1 aromatic heterocycles. The van der Waals surface area contributed by atoms with E-state index in [4.69, 9.17) is 15.2 Å². The van der Waals surface area contributed by atoms with Gasteiger partial charge in [-0.15, -0.1) is 0 Å². The van der Waals surface area contributed by atoms with Crippen molar-refractivity contribution in [2.24, 2.45) is 23.5 Å². The number of ether oxygens (including phenoxy) is 2. The Morgan fingerprint density at radius 2 is 1.80 bits per heavy atom. The summed E-state index contributed by atoms with van der Waals surface area (Å²) in [5, 5.41) is 3.88. The van der Waals surface area contributed by atoms with E-state index < -0.39 is 0 Å². The van der Waals surface area contributed by atoms with Crippen LogP contribution in [0.25, 0.3) is 10.4 Å². The number of amides is 2. The summed E-state index contributed by atoms with van der Waals surface area (Å²) in [5.41, 5.74) is 10.5. The highest BCUT2D eigenvalue weighted by Crippen LogP contribution is 2.43. The molecule has 2 aliphatic carbocycles. The molecule has 7 nitrogen and oxygen atoms in total. The van der Waals surface area contributed by atoms with Crippen LogP contribution in [0, 0.1) is 24.7 Å². The van der Waals surface area contributed by atoms with Crippen molar-refractivity contribution in [1.82, 2.24) is 10.3 Å². The van der Waals surface area contributed by atoms with Gasteiger partial charge in [-0.1, -0.05) is 41.7 Å². The van der Waals surface area contributed by atoms with Crippen molar-refractivity contribution in [2.75, 3.05) is 20.8 Å². The number of nitrogens with two attached hydrogens (primary N) is 1. The van der Waals surface area contributed by atoms with Crippen molar-refractivity contribution in [3.63, 3.8) is 0 Å². The van der Waals surface area contributed by atoms with Gasteiger partial charge in [0.15, 0.2) is 0 Å². The minimum atomic E-state index is -0.289. The number of primary amides is 1. The van der Waals surface area contributed by atoms with Crippen LogP contribution in [-0.4, -0.2) is 37.6 Å². The summed E-state index contributed by atoms with van der Waals surface area (Å²) < 4.78 is 10.7. The van der Waals surface area contributed by atoms with Gasteiger partial charge in [-0.05, 0) is 104 Å². The van der Waals surface area contributed by atoms with Crippen LogP contribution in [0.15, 0.2) is 48.7 Å². The fourth-order valence-corrected chi connectivity index (χ4v) is 7.50. The minimum Gasteiger partial charge on any atom is -0.496 e. The summed E-state index contributed by atoms with van der Waals surface area (Å²) in [6, 6.07) is 14.7. The number of hydrogen-bond donors (Lipinski definition) is 2. The lowest BCUT2D eigenvalue weighted by molar-refractivity contribution is -0.130. The lowest BCUT2D eigenvalue weighted by Crippen LogP contribution is -2.41. The van der Waals surface area contributed by atoms with Gasteiger partial charge in [-0.3, -0.25) is 9.59 Å². The lowest BCUT2D eigenvalue weighted by Gasteiger charge is -2.35. The minimum absolute atomic E-state index is 0.0878. The van der Waals surface area contributed by atoms with Crippen LogP contribution in [0.4, 0.5) is 0 Å². The highest BCUT2D eigenvalue weighted by molar-refractivity contribution is 7.16. The zero-order chi connectivity index (χ0) is 28.9. The Labute approximate surface area is 246 Å². The predicted octanol–water partition coefficient (Wildman–Crippen LogP) is 6.21. The number of aromatic nitrogens is 1. The van der Waals surface area contributed by atoms with Gasteiger partial charge >= 0.3 is 0 Å². The fourth-order valence-electron chi connectivity index (χ4n) is 6.77. The third kappa shape index (κ3) is 6.75. The monoisotopic (exact) mass is 575 g/mol. The quantitative estimate of drug-likeness (QED) is 0.316. The summed E-state index contributed by atoms with van der Waals surface area (Å²) in [6.45, 7) is 2.82. The molecule has 0 spiro atoms. The standard InChI is InChI=1S/C33H41N3O4S/c1-20-15-23(12-14-29(20)39-2)22-9-7-21(8-10-22)18-35-32(38)26-11-13-27(31(34)37)28(17-26)24-5-4-6-25(16-24)30-19-36-33(40-3)41-30/h4-6,12,14-16,19,21-22,26-28H,7-11,13,17-18H2,1-3H3,(H2,34,37)(H,35,38). The molecule has 2 aliphatic rings. The molecule has 2 aromatic carbocycles. The Bertz CT molecular complexity index is 1360. The van der Waals surface area contributed by atoms with Gasteiger partial charge in [0.25, 0.3) is 5.19 Å². The molecule has 3 N–H and O–H groups in total. The second kappa shape index (κ2) is 13.1. The lowest BCUT2D eigenvalue weighted by atomic mass is 9.70. The van der Waals surface area contributed by atoms with Crippen molar-refractivity contribution in [2.45, 2.75) is 63.7 Å². The molecule has 8 heteroatoms. The van der Waals surface area contributed by atoms with Crippen LogP contribution in [0.2, 0.25) is 0 Å². The molecule has 1 heterocycles. The van der Waals surface area contributed by atoms with Crippen LogP contribution < -0.4 is 20.5 Å². The van der Waals surface area contributed by atoms with Gasteiger partial charge in [0, 0.05) is 24.6 Å². The topological polar surface area (TPSA) is 104 Å². The molecule has 0 bridgehead atoms. The van der Waals surface area contributed by atoms with Gasteiger partial charge in [0.05, 0.1) is 19.1 Å². The van der Waals surface area contributed by atoms with E-state index in [0.29, 0.717) is 36.3 Å². The first-order chi connectivity index (χ1) is 19.9. The smallest absolute Gasteiger partial charge is 0.273 e. The maximum atomic E-state index is 13.3. The highest BCUT2D eigenvalue weighted by Gasteiger charge is 2.38. The number of benzene rings is 2. The molecule has 2 saturated carbocycles. The Morgan fingerprint density at radius 3 is 2.49 bits per heavy atom. The highest BCUT2D eigenvalue weighted by atomic mass is 32.1. The number of thiazole rings is 1. The van der Waals surface area contributed by atoms with Crippen molar-refractivity contribution in [3.8, 4) is 21.4 Å². The molecule has 41 heavy (non-hydrogen) atoms. The number of methoxy groups -OCH3 is 2. The summed E-state index contributed by atoms with van der Waals surface area (Å²) >= 11 is 1.48. The molecule has 3 unspecified atom stereocenters. The van der Waals surface area contributed by atoms with Gasteiger partial charge in [0.1, 0.15) is 5.75 Å². The summed E-state index contributed by atoms with van der Waals surface area (Å²) in [5.74, 6) is 1.33. The molecule has 3 atom stereocenters. The molecule has 0 saturated heterocycles. The normalized spacial score (nSPS) is 24.4. The average molecular weight is 576 g/mol. The molecule has 2 fully saturated rings. The average Bonchev–Trinajstić information content (AvgIpc) is 3.49. The molecule has 3 aromatic rings.